The van der Waals surface area contributed by atoms with Gasteiger partial charge in [-0.25, -0.2) is 8.42 Å². The summed E-state index contributed by atoms with van der Waals surface area (Å²) in [4.78, 5) is 0. The molecule has 5 heteroatoms. The lowest BCUT2D eigenvalue weighted by atomic mass is 9.95. The van der Waals surface area contributed by atoms with Crippen molar-refractivity contribution in [2.45, 2.75) is 51.0 Å². The predicted octanol–water partition coefficient (Wildman–Crippen LogP) is 1.35. The molecule has 0 unspecified atom stereocenters. The fraction of sp³-hybridized carbons (Fsp3) is 1.00. The second-order valence-corrected chi connectivity index (χ2v) is 7.31. The fourth-order valence-electron chi connectivity index (χ4n) is 2.69. The second-order valence-electron chi connectivity index (χ2n) is 5.35. The van der Waals surface area contributed by atoms with Gasteiger partial charge in [-0.1, -0.05) is 19.3 Å². The molecule has 2 aliphatic rings. The summed E-state index contributed by atoms with van der Waals surface area (Å²) in [5.41, 5.74) is 0. The Bertz CT molecular complexity index is 332. The molecule has 0 amide bonds. The van der Waals surface area contributed by atoms with E-state index in [1.165, 1.54) is 6.42 Å². The highest BCUT2D eigenvalue weighted by molar-refractivity contribution is 7.89. The summed E-state index contributed by atoms with van der Waals surface area (Å²) in [6, 6.07) is 0.139. The van der Waals surface area contributed by atoms with Crippen LogP contribution in [0.5, 0.6) is 0 Å². The highest BCUT2D eigenvalue weighted by atomic mass is 32.2. The van der Waals surface area contributed by atoms with Gasteiger partial charge >= 0.3 is 0 Å². The van der Waals surface area contributed by atoms with Gasteiger partial charge in [-0.15, -0.1) is 0 Å². The lowest BCUT2D eigenvalue weighted by molar-refractivity contribution is 0.199. The summed E-state index contributed by atoms with van der Waals surface area (Å²) in [5, 5.41) is 9.07. The zero-order valence-corrected chi connectivity index (χ0v) is 11.2. The zero-order chi connectivity index (χ0) is 12.3. The van der Waals surface area contributed by atoms with Crippen LogP contribution in [0.25, 0.3) is 0 Å². The molecule has 0 aromatic carbocycles. The van der Waals surface area contributed by atoms with Crippen molar-refractivity contribution < 1.29 is 13.5 Å². The predicted molar refractivity (Wildman–Crippen MR) is 67.2 cm³/mol. The molecule has 17 heavy (non-hydrogen) atoms. The Hall–Kier alpha value is -0.130. The van der Waals surface area contributed by atoms with E-state index in [9.17, 15) is 8.42 Å². The Morgan fingerprint density at radius 3 is 2.24 bits per heavy atom. The van der Waals surface area contributed by atoms with Crippen molar-refractivity contribution in [2.24, 2.45) is 5.92 Å². The molecule has 0 aromatic heterocycles. The Kier molecular flexibility index (Phi) is 4.44. The van der Waals surface area contributed by atoms with Crippen LogP contribution in [0, 0.1) is 5.92 Å². The minimum atomic E-state index is -3.15. The van der Waals surface area contributed by atoms with Crippen LogP contribution in [0.4, 0.5) is 0 Å². The van der Waals surface area contributed by atoms with Crippen molar-refractivity contribution in [1.82, 2.24) is 4.31 Å². The maximum absolute atomic E-state index is 12.3. The van der Waals surface area contributed by atoms with Crippen LogP contribution in [-0.2, 0) is 10.0 Å². The number of aliphatic hydroxyl groups is 1. The van der Waals surface area contributed by atoms with Crippen LogP contribution in [0.15, 0.2) is 0 Å². The van der Waals surface area contributed by atoms with E-state index in [1.54, 1.807) is 4.31 Å². The molecule has 4 nitrogen and oxygen atoms in total. The van der Waals surface area contributed by atoms with E-state index in [2.05, 4.69) is 0 Å². The highest BCUT2D eigenvalue weighted by Gasteiger charge is 2.35. The van der Waals surface area contributed by atoms with Gasteiger partial charge in [0.2, 0.25) is 10.0 Å². The molecule has 2 aliphatic carbocycles. The average molecular weight is 261 g/mol. The molecule has 0 radical (unpaired) electrons. The minimum absolute atomic E-state index is 0.0691. The Morgan fingerprint density at radius 2 is 1.71 bits per heavy atom. The van der Waals surface area contributed by atoms with Crippen LogP contribution < -0.4 is 0 Å². The van der Waals surface area contributed by atoms with Gasteiger partial charge in [-0.3, -0.25) is 0 Å². The lowest BCUT2D eigenvalue weighted by Gasteiger charge is -2.33. The average Bonchev–Trinajstić information content (AvgIpc) is 3.10. The Balaban J connectivity index is 2.03. The summed E-state index contributed by atoms with van der Waals surface area (Å²) in [7, 11) is -3.15. The highest BCUT2D eigenvalue weighted by Crippen LogP contribution is 2.33. The van der Waals surface area contributed by atoms with Crippen LogP contribution in [0.1, 0.15) is 44.9 Å². The number of sulfonamides is 1. The molecule has 2 rings (SSSR count). The largest absolute Gasteiger partial charge is 0.395 e. The normalized spacial score (nSPS) is 23.2. The number of rotatable bonds is 6. The van der Waals surface area contributed by atoms with Gasteiger partial charge in [-0.05, 0) is 31.6 Å². The van der Waals surface area contributed by atoms with Crippen molar-refractivity contribution in [2.75, 3.05) is 18.9 Å². The summed E-state index contributed by atoms with van der Waals surface area (Å²) in [5.74, 6) is 0.675. The standard InChI is InChI=1S/C12H23NO3S/c14-9-8-13(12-4-2-1-3-5-12)17(15,16)10-11-6-7-11/h11-12,14H,1-10H2. The van der Waals surface area contributed by atoms with Gasteiger partial charge in [0.25, 0.3) is 0 Å². The van der Waals surface area contributed by atoms with Crippen LogP contribution in [0.2, 0.25) is 0 Å². The minimum Gasteiger partial charge on any atom is -0.395 e. The number of aliphatic hydroxyl groups excluding tert-OH is 1. The van der Waals surface area contributed by atoms with E-state index in [4.69, 9.17) is 5.11 Å². The van der Waals surface area contributed by atoms with E-state index in [-0.39, 0.29) is 19.2 Å². The van der Waals surface area contributed by atoms with Crippen molar-refractivity contribution in [3.05, 3.63) is 0 Å². The number of hydrogen-bond donors (Lipinski definition) is 1. The summed E-state index contributed by atoms with van der Waals surface area (Å²) >= 11 is 0. The third-order valence-electron chi connectivity index (χ3n) is 3.80. The van der Waals surface area contributed by atoms with E-state index >= 15 is 0 Å². The molecule has 0 bridgehead atoms. The fourth-order valence-corrected chi connectivity index (χ4v) is 4.84. The molecule has 0 spiro atoms. The summed E-state index contributed by atoms with van der Waals surface area (Å²) < 4.78 is 26.2. The third-order valence-corrected chi connectivity index (χ3v) is 5.89. The van der Waals surface area contributed by atoms with Gasteiger partial charge in [0.15, 0.2) is 0 Å². The van der Waals surface area contributed by atoms with Gasteiger partial charge in [0, 0.05) is 12.6 Å². The molecule has 0 aromatic rings. The first kappa shape index (κ1) is 13.3. The van der Waals surface area contributed by atoms with E-state index in [1.807, 2.05) is 0 Å². The summed E-state index contributed by atoms with van der Waals surface area (Å²) in [6.45, 7) is 0.208. The number of nitrogens with zero attached hydrogens (tertiary/aromatic N) is 1. The van der Waals surface area contributed by atoms with E-state index in [0.717, 1.165) is 38.5 Å². The molecular weight excluding hydrogens is 238 g/mol. The smallest absolute Gasteiger partial charge is 0.214 e. The first-order chi connectivity index (χ1) is 8.13. The third kappa shape index (κ3) is 3.66. The van der Waals surface area contributed by atoms with Gasteiger partial charge in [0.1, 0.15) is 0 Å². The molecule has 0 heterocycles. The molecular formula is C12H23NO3S. The lowest BCUT2D eigenvalue weighted by Crippen LogP contribution is -2.44. The van der Waals surface area contributed by atoms with Crippen molar-refractivity contribution in [1.29, 1.82) is 0 Å². The van der Waals surface area contributed by atoms with Crippen LogP contribution in [0.3, 0.4) is 0 Å². The molecule has 1 N–H and O–H groups in total. The van der Waals surface area contributed by atoms with E-state index < -0.39 is 10.0 Å². The van der Waals surface area contributed by atoms with Crippen molar-refractivity contribution >= 4 is 10.0 Å². The molecule has 2 fully saturated rings. The molecule has 0 aliphatic heterocycles. The summed E-state index contributed by atoms with van der Waals surface area (Å²) in [6.07, 6.45) is 7.48. The SMILES string of the molecule is O=S(=O)(CC1CC1)N(CCO)C1CCCCC1. The Labute approximate surface area is 104 Å². The van der Waals surface area contributed by atoms with Crippen molar-refractivity contribution in [3.8, 4) is 0 Å². The van der Waals surface area contributed by atoms with Gasteiger partial charge < -0.3 is 5.11 Å². The molecule has 2 saturated carbocycles. The zero-order valence-electron chi connectivity index (χ0n) is 10.3. The first-order valence-corrected chi connectivity index (χ1v) is 8.35. The first-order valence-electron chi connectivity index (χ1n) is 6.74. The molecule has 0 atom stereocenters. The van der Waals surface area contributed by atoms with Crippen LogP contribution >= 0.6 is 0 Å². The molecule has 100 valence electrons. The topological polar surface area (TPSA) is 57.6 Å². The second kappa shape index (κ2) is 5.67. The van der Waals surface area contributed by atoms with Gasteiger partial charge in [0.05, 0.1) is 12.4 Å². The maximum Gasteiger partial charge on any atom is 0.214 e. The quantitative estimate of drug-likeness (QED) is 0.785. The molecule has 0 saturated heterocycles. The van der Waals surface area contributed by atoms with E-state index in [0.29, 0.717) is 11.7 Å². The number of hydrogen-bond acceptors (Lipinski definition) is 3. The Morgan fingerprint density at radius 1 is 1.06 bits per heavy atom. The monoisotopic (exact) mass is 261 g/mol. The maximum atomic E-state index is 12.3. The van der Waals surface area contributed by atoms with Gasteiger partial charge in [-0.2, -0.15) is 4.31 Å². The van der Waals surface area contributed by atoms with Crippen molar-refractivity contribution in [3.63, 3.8) is 0 Å². The van der Waals surface area contributed by atoms with Crippen LogP contribution in [-0.4, -0.2) is 42.8 Å².